The number of nitrogens with one attached hydrogen (secondary N) is 1. The summed E-state index contributed by atoms with van der Waals surface area (Å²) in [5, 5.41) is 3.11. The minimum Gasteiger partial charge on any atom is -0.351 e. The lowest BCUT2D eigenvalue weighted by molar-refractivity contribution is 0.0951. The smallest absolute Gasteiger partial charge is 0.261 e. The number of carbonyl (C=O) groups is 1. The van der Waals surface area contributed by atoms with Crippen molar-refractivity contribution in [2.75, 3.05) is 12.3 Å². The largest absolute Gasteiger partial charge is 0.351 e. The van der Waals surface area contributed by atoms with Gasteiger partial charge in [0.05, 0.1) is 4.88 Å². The molecule has 1 aliphatic heterocycles. The lowest BCUT2D eigenvalue weighted by Crippen LogP contribution is -2.27. The predicted octanol–water partition coefficient (Wildman–Crippen LogP) is 3.83. The van der Waals surface area contributed by atoms with Gasteiger partial charge in [0.2, 0.25) is 0 Å². The van der Waals surface area contributed by atoms with Crippen LogP contribution in [0.15, 0.2) is 6.07 Å². The van der Waals surface area contributed by atoms with Gasteiger partial charge < -0.3 is 5.32 Å². The van der Waals surface area contributed by atoms with Crippen LogP contribution in [0.2, 0.25) is 0 Å². The monoisotopic (exact) mass is 359 g/mol. The summed E-state index contributed by atoms with van der Waals surface area (Å²) in [5.41, 5.74) is 1.38. The first-order valence-electron chi connectivity index (χ1n) is 6.84. The van der Waals surface area contributed by atoms with Crippen LogP contribution < -0.4 is 5.32 Å². The van der Waals surface area contributed by atoms with E-state index in [2.05, 4.69) is 27.3 Å². The van der Waals surface area contributed by atoms with E-state index in [9.17, 15) is 4.79 Å². The number of amides is 1. The highest BCUT2D eigenvalue weighted by Gasteiger charge is 2.23. The second-order valence-corrected chi connectivity index (χ2v) is 8.88. The molecule has 0 aromatic carbocycles. The molecule has 104 valence electrons. The Morgan fingerprint density at radius 1 is 1.47 bits per heavy atom. The van der Waals surface area contributed by atoms with E-state index >= 15 is 0 Å². The molecule has 2 heterocycles. The molecule has 1 saturated carbocycles. The molecular formula is C14H18BrNOS2. The number of hydrogen-bond acceptors (Lipinski definition) is 3. The number of alkyl halides is 1. The molecule has 1 aliphatic carbocycles. The number of rotatable bonds is 3. The molecular weight excluding hydrogens is 342 g/mol. The first kappa shape index (κ1) is 14.0. The van der Waals surface area contributed by atoms with E-state index in [1.54, 1.807) is 11.3 Å². The number of halogens is 1. The third-order valence-electron chi connectivity index (χ3n) is 3.88. The van der Waals surface area contributed by atoms with Gasteiger partial charge in [-0.2, -0.15) is 11.8 Å². The molecule has 19 heavy (non-hydrogen) atoms. The van der Waals surface area contributed by atoms with Crippen molar-refractivity contribution >= 4 is 44.9 Å². The summed E-state index contributed by atoms with van der Waals surface area (Å²) in [5.74, 6) is 3.05. The first-order chi connectivity index (χ1) is 9.22. The fourth-order valence-electron chi connectivity index (χ4n) is 2.78. The van der Waals surface area contributed by atoms with Gasteiger partial charge in [0.25, 0.3) is 5.91 Å². The van der Waals surface area contributed by atoms with E-state index in [1.807, 2.05) is 11.8 Å². The Labute approximate surface area is 130 Å². The standard InChI is InChI=1S/C14H18BrNOS2/c15-11-2-1-9(5-11)7-16-14(17)13-6-10-8-18-4-3-12(10)19-13/h6,9,11H,1-5,7-8H2,(H,16,17). The Kier molecular flexibility index (Phi) is 4.54. The van der Waals surface area contributed by atoms with Crippen molar-refractivity contribution in [3.05, 3.63) is 21.4 Å². The highest BCUT2D eigenvalue weighted by molar-refractivity contribution is 9.09. The molecule has 5 heteroatoms. The Morgan fingerprint density at radius 2 is 2.37 bits per heavy atom. The Hall–Kier alpha value is -0.000000000000000111. The molecule has 1 N–H and O–H groups in total. The summed E-state index contributed by atoms with van der Waals surface area (Å²) < 4.78 is 0. The molecule has 1 fully saturated rings. The highest BCUT2D eigenvalue weighted by Crippen LogP contribution is 2.32. The highest BCUT2D eigenvalue weighted by atomic mass is 79.9. The summed E-state index contributed by atoms with van der Waals surface area (Å²) in [6.45, 7) is 0.832. The lowest BCUT2D eigenvalue weighted by atomic mass is 10.1. The second-order valence-electron chi connectivity index (χ2n) is 5.35. The van der Waals surface area contributed by atoms with Crippen LogP contribution >= 0.6 is 39.0 Å². The lowest BCUT2D eigenvalue weighted by Gasteiger charge is -2.09. The van der Waals surface area contributed by atoms with Crippen molar-refractivity contribution in [3.63, 3.8) is 0 Å². The van der Waals surface area contributed by atoms with Crippen molar-refractivity contribution in [3.8, 4) is 0 Å². The molecule has 0 bridgehead atoms. The van der Waals surface area contributed by atoms with Gasteiger partial charge in [0.1, 0.15) is 0 Å². The summed E-state index contributed by atoms with van der Waals surface area (Å²) in [6, 6.07) is 2.10. The zero-order chi connectivity index (χ0) is 13.2. The van der Waals surface area contributed by atoms with Crippen LogP contribution in [0.1, 0.15) is 39.4 Å². The summed E-state index contributed by atoms with van der Waals surface area (Å²) in [6.07, 6.45) is 4.79. The zero-order valence-corrected chi connectivity index (χ0v) is 14.0. The quantitative estimate of drug-likeness (QED) is 0.830. The molecule has 1 amide bonds. The maximum Gasteiger partial charge on any atom is 0.261 e. The van der Waals surface area contributed by atoms with Gasteiger partial charge in [-0.05, 0) is 49.0 Å². The fraction of sp³-hybridized carbons (Fsp3) is 0.643. The Bertz CT molecular complexity index is 451. The molecule has 2 nitrogen and oxygen atoms in total. The number of thioether (sulfide) groups is 1. The zero-order valence-electron chi connectivity index (χ0n) is 10.8. The van der Waals surface area contributed by atoms with Crippen LogP contribution in [0, 0.1) is 5.92 Å². The van der Waals surface area contributed by atoms with Crippen molar-refractivity contribution in [2.45, 2.75) is 36.3 Å². The van der Waals surface area contributed by atoms with Crippen molar-refractivity contribution in [2.24, 2.45) is 5.92 Å². The molecule has 0 saturated heterocycles. The van der Waals surface area contributed by atoms with E-state index in [-0.39, 0.29) is 5.91 Å². The Morgan fingerprint density at radius 3 is 3.11 bits per heavy atom. The van der Waals surface area contributed by atoms with E-state index in [0.717, 1.165) is 23.6 Å². The molecule has 1 aromatic heterocycles. The molecule has 2 unspecified atom stereocenters. The van der Waals surface area contributed by atoms with Crippen molar-refractivity contribution in [1.82, 2.24) is 5.32 Å². The van der Waals surface area contributed by atoms with Crippen LogP contribution in [-0.4, -0.2) is 23.0 Å². The third-order valence-corrected chi connectivity index (χ3v) is 6.96. The van der Waals surface area contributed by atoms with E-state index in [4.69, 9.17) is 0 Å². The SMILES string of the molecule is O=C(NCC1CCC(Br)C1)c1cc2c(s1)CCSC2. The summed E-state index contributed by atoms with van der Waals surface area (Å²) >= 11 is 7.31. The molecule has 0 radical (unpaired) electrons. The van der Waals surface area contributed by atoms with Crippen LogP contribution in [0.3, 0.4) is 0 Å². The Balaban J connectivity index is 1.56. The van der Waals surface area contributed by atoms with E-state index < -0.39 is 0 Å². The fourth-order valence-corrected chi connectivity index (χ4v) is 5.86. The third kappa shape index (κ3) is 3.37. The number of aryl methyl sites for hydroxylation is 1. The van der Waals surface area contributed by atoms with Crippen LogP contribution in [-0.2, 0) is 12.2 Å². The van der Waals surface area contributed by atoms with Gasteiger partial charge in [-0.1, -0.05) is 15.9 Å². The minimum atomic E-state index is 0.127. The van der Waals surface area contributed by atoms with E-state index in [1.165, 1.54) is 35.5 Å². The average Bonchev–Trinajstić information content (AvgIpc) is 3.01. The minimum absolute atomic E-state index is 0.127. The molecule has 2 atom stereocenters. The number of carbonyl (C=O) groups excluding carboxylic acids is 1. The second kappa shape index (κ2) is 6.19. The van der Waals surface area contributed by atoms with Crippen molar-refractivity contribution in [1.29, 1.82) is 0 Å². The summed E-state index contributed by atoms with van der Waals surface area (Å²) in [4.78, 5) is 15.2. The predicted molar refractivity (Wildman–Crippen MR) is 86.6 cm³/mol. The molecule has 1 aromatic rings. The number of thiophene rings is 1. The topological polar surface area (TPSA) is 29.1 Å². The molecule has 0 spiro atoms. The van der Waals surface area contributed by atoms with Gasteiger partial charge in [0, 0.05) is 22.0 Å². The number of fused-ring (bicyclic) bond motifs is 1. The normalized spacial score (nSPS) is 26.2. The maximum atomic E-state index is 12.2. The van der Waals surface area contributed by atoms with Crippen molar-refractivity contribution < 1.29 is 4.79 Å². The summed E-state index contributed by atoms with van der Waals surface area (Å²) in [7, 11) is 0. The van der Waals surface area contributed by atoms with Crippen LogP contribution in [0.5, 0.6) is 0 Å². The maximum absolute atomic E-state index is 12.2. The van der Waals surface area contributed by atoms with Gasteiger partial charge in [-0.15, -0.1) is 11.3 Å². The number of hydrogen-bond donors (Lipinski definition) is 1. The molecule has 3 rings (SSSR count). The van der Waals surface area contributed by atoms with Gasteiger partial charge in [-0.25, -0.2) is 0 Å². The van der Waals surface area contributed by atoms with Gasteiger partial charge in [-0.3, -0.25) is 4.79 Å². The average molecular weight is 360 g/mol. The van der Waals surface area contributed by atoms with Crippen LogP contribution in [0.25, 0.3) is 0 Å². The van der Waals surface area contributed by atoms with E-state index in [0.29, 0.717) is 10.7 Å². The van der Waals surface area contributed by atoms with Crippen LogP contribution in [0.4, 0.5) is 0 Å². The van der Waals surface area contributed by atoms with Gasteiger partial charge in [0.15, 0.2) is 0 Å². The molecule has 2 aliphatic rings. The van der Waals surface area contributed by atoms with Gasteiger partial charge >= 0.3 is 0 Å². The first-order valence-corrected chi connectivity index (χ1v) is 9.72.